The number of nitrogens with zero attached hydrogens (tertiary/aromatic N) is 1. The fourth-order valence-electron chi connectivity index (χ4n) is 2.92. The molecule has 0 saturated carbocycles. The summed E-state index contributed by atoms with van der Waals surface area (Å²) in [4.78, 5) is 2.31. The van der Waals surface area contributed by atoms with Crippen molar-refractivity contribution in [2.24, 2.45) is 5.73 Å². The highest BCUT2D eigenvalue weighted by Gasteiger charge is 2.30. The molecule has 0 bridgehead atoms. The SMILES string of the molecule is NCC1(O)CCN(CCc2coc3ccc(F)cc23)CC1. The zero-order valence-corrected chi connectivity index (χ0v) is 12.0. The Hall–Kier alpha value is -1.43. The Labute approximate surface area is 123 Å². The first kappa shape index (κ1) is 14.5. The Morgan fingerprint density at radius 2 is 2.10 bits per heavy atom. The molecule has 1 aliphatic rings. The number of piperidine rings is 1. The van der Waals surface area contributed by atoms with Crippen LogP contribution in [0, 0.1) is 5.82 Å². The smallest absolute Gasteiger partial charge is 0.134 e. The van der Waals surface area contributed by atoms with Gasteiger partial charge < -0.3 is 20.2 Å². The van der Waals surface area contributed by atoms with Crippen LogP contribution in [-0.2, 0) is 6.42 Å². The molecule has 0 radical (unpaired) electrons. The highest BCUT2D eigenvalue weighted by Crippen LogP contribution is 2.24. The molecule has 1 aromatic heterocycles. The van der Waals surface area contributed by atoms with E-state index < -0.39 is 5.60 Å². The lowest BCUT2D eigenvalue weighted by atomic mass is 9.91. The maximum absolute atomic E-state index is 13.3. The van der Waals surface area contributed by atoms with Gasteiger partial charge in [0.15, 0.2) is 0 Å². The van der Waals surface area contributed by atoms with Gasteiger partial charge in [0.25, 0.3) is 0 Å². The van der Waals surface area contributed by atoms with Crippen LogP contribution in [-0.4, -0.2) is 41.8 Å². The number of nitrogens with two attached hydrogens (primary N) is 1. The van der Waals surface area contributed by atoms with Crippen LogP contribution in [0.15, 0.2) is 28.9 Å². The van der Waals surface area contributed by atoms with Crippen LogP contribution in [0.1, 0.15) is 18.4 Å². The predicted octanol–water partition coefficient (Wildman–Crippen LogP) is 1.90. The molecule has 3 N–H and O–H groups in total. The molecule has 0 aliphatic carbocycles. The van der Waals surface area contributed by atoms with Gasteiger partial charge >= 0.3 is 0 Å². The molecule has 0 spiro atoms. The van der Waals surface area contributed by atoms with Gasteiger partial charge in [0.05, 0.1) is 11.9 Å². The van der Waals surface area contributed by atoms with Crippen molar-refractivity contribution in [3.05, 3.63) is 35.8 Å². The molecular formula is C16H21FN2O2. The first-order valence-electron chi connectivity index (χ1n) is 7.40. The summed E-state index contributed by atoms with van der Waals surface area (Å²) in [6.45, 7) is 2.90. The highest BCUT2D eigenvalue weighted by atomic mass is 19.1. The summed E-state index contributed by atoms with van der Waals surface area (Å²) in [6.07, 6.45) is 3.95. The second-order valence-electron chi connectivity index (χ2n) is 5.92. The summed E-state index contributed by atoms with van der Waals surface area (Å²) in [5.74, 6) is -0.240. The quantitative estimate of drug-likeness (QED) is 0.903. The molecule has 5 heteroatoms. The first-order valence-corrected chi connectivity index (χ1v) is 7.40. The zero-order chi connectivity index (χ0) is 14.9. The van der Waals surface area contributed by atoms with E-state index in [-0.39, 0.29) is 5.82 Å². The monoisotopic (exact) mass is 292 g/mol. The Kier molecular flexibility index (Phi) is 3.97. The summed E-state index contributed by atoms with van der Waals surface area (Å²) in [5.41, 5.74) is 6.66. The molecule has 1 saturated heterocycles. The fourth-order valence-corrected chi connectivity index (χ4v) is 2.92. The number of likely N-dealkylation sites (tertiary alicyclic amines) is 1. The molecular weight excluding hydrogens is 271 g/mol. The van der Waals surface area contributed by atoms with Gasteiger partial charge in [-0.1, -0.05) is 0 Å². The average Bonchev–Trinajstić information content (AvgIpc) is 2.89. The van der Waals surface area contributed by atoms with Gasteiger partial charge in [-0.2, -0.15) is 0 Å². The summed E-state index contributed by atoms with van der Waals surface area (Å²) >= 11 is 0. The van der Waals surface area contributed by atoms with E-state index in [1.807, 2.05) is 0 Å². The second kappa shape index (κ2) is 5.75. The Morgan fingerprint density at radius 1 is 1.33 bits per heavy atom. The molecule has 1 fully saturated rings. The number of halogens is 1. The van der Waals surface area contributed by atoms with E-state index in [1.165, 1.54) is 12.1 Å². The largest absolute Gasteiger partial charge is 0.464 e. The van der Waals surface area contributed by atoms with Gasteiger partial charge in [-0.3, -0.25) is 0 Å². The van der Waals surface area contributed by atoms with Crippen molar-refractivity contribution in [3.63, 3.8) is 0 Å². The van der Waals surface area contributed by atoms with Crippen molar-refractivity contribution in [2.45, 2.75) is 24.9 Å². The van der Waals surface area contributed by atoms with E-state index in [0.717, 1.165) is 42.6 Å². The van der Waals surface area contributed by atoms with Crippen molar-refractivity contribution in [3.8, 4) is 0 Å². The van der Waals surface area contributed by atoms with E-state index in [9.17, 15) is 9.50 Å². The molecule has 2 aromatic rings. The number of fused-ring (bicyclic) bond motifs is 1. The molecule has 2 heterocycles. The van der Waals surface area contributed by atoms with Crippen molar-refractivity contribution < 1.29 is 13.9 Å². The van der Waals surface area contributed by atoms with E-state index >= 15 is 0 Å². The molecule has 0 unspecified atom stereocenters. The molecule has 0 amide bonds. The highest BCUT2D eigenvalue weighted by molar-refractivity contribution is 5.81. The molecule has 21 heavy (non-hydrogen) atoms. The lowest BCUT2D eigenvalue weighted by Gasteiger charge is -2.37. The maximum Gasteiger partial charge on any atom is 0.134 e. The minimum atomic E-state index is -0.692. The van der Waals surface area contributed by atoms with E-state index in [1.54, 1.807) is 12.3 Å². The van der Waals surface area contributed by atoms with E-state index in [0.29, 0.717) is 19.4 Å². The lowest BCUT2D eigenvalue weighted by Crippen LogP contribution is -2.49. The van der Waals surface area contributed by atoms with Crippen LogP contribution in [0.5, 0.6) is 0 Å². The van der Waals surface area contributed by atoms with Gasteiger partial charge in [0.1, 0.15) is 11.4 Å². The van der Waals surface area contributed by atoms with Crippen molar-refractivity contribution in [1.29, 1.82) is 0 Å². The minimum absolute atomic E-state index is 0.240. The number of rotatable bonds is 4. The third-order valence-corrected chi connectivity index (χ3v) is 4.48. The molecule has 4 nitrogen and oxygen atoms in total. The van der Waals surface area contributed by atoms with Crippen LogP contribution in [0.2, 0.25) is 0 Å². The van der Waals surface area contributed by atoms with Crippen LogP contribution in [0.4, 0.5) is 4.39 Å². The number of hydrogen-bond acceptors (Lipinski definition) is 4. The van der Waals surface area contributed by atoms with E-state index in [4.69, 9.17) is 10.2 Å². The summed E-state index contributed by atoms with van der Waals surface area (Å²) < 4.78 is 18.8. The first-order chi connectivity index (χ1) is 10.1. The number of benzene rings is 1. The fraction of sp³-hybridized carbons (Fsp3) is 0.500. The summed E-state index contributed by atoms with van der Waals surface area (Å²) in [5, 5.41) is 11.0. The molecule has 0 atom stereocenters. The predicted molar refractivity (Wildman–Crippen MR) is 79.6 cm³/mol. The third kappa shape index (κ3) is 3.10. The van der Waals surface area contributed by atoms with Crippen LogP contribution < -0.4 is 5.73 Å². The van der Waals surface area contributed by atoms with E-state index in [2.05, 4.69) is 4.90 Å². The van der Waals surface area contributed by atoms with Crippen LogP contribution >= 0.6 is 0 Å². The van der Waals surface area contributed by atoms with Gasteiger partial charge in [-0.15, -0.1) is 0 Å². The molecule has 3 rings (SSSR count). The van der Waals surface area contributed by atoms with Gasteiger partial charge in [0, 0.05) is 31.6 Å². The van der Waals surface area contributed by atoms with Crippen LogP contribution in [0.3, 0.4) is 0 Å². The molecule has 1 aliphatic heterocycles. The Morgan fingerprint density at radius 3 is 2.81 bits per heavy atom. The minimum Gasteiger partial charge on any atom is -0.464 e. The molecule has 1 aromatic carbocycles. The van der Waals surface area contributed by atoms with Gasteiger partial charge in [-0.05, 0) is 43.0 Å². The summed E-state index contributed by atoms with van der Waals surface area (Å²) in [7, 11) is 0. The zero-order valence-electron chi connectivity index (χ0n) is 12.0. The maximum atomic E-state index is 13.3. The number of hydrogen-bond donors (Lipinski definition) is 2. The normalized spacial score (nSPS) is 19.2. The number of aliphatic hydroxyl groups is 1. The average molecular weight is 292 g/mol. The van der Waals surface area contributed by atoms with Crippen molar-refractivity contribution in [1.82, 2.24) is 4.90 Å². The van der Waals surface area contributed by atoms with Gasteiger partial charge in [0.2, 0.25) is 0 Å². The van der Waals surface area contributed by atoms with Crippen LogP contribution in [0.25, 0.3) is 11.0 Å². The summed E-state index contributed by atoms with van der Waals surface area (Å²) in [6, 6.07) is 4.60. The molecule has 114 valence electrons. The van der Waals surface area contributed by atoms with Gasteiger partial charge in [-0.25, -0.2) is 4.39 Å². The Bertz CT molecular complexity index is 618. The second-order valence-corrected chi connectivity index (χ2v) is 5.92. The third-order valence-electron chi connectivity index (χ3n) is 4.48. The van der Waals surface area contributed by atoms with Crippen molar-refractivity contribution >= 4 is 11.0 Å². The lowest BCUT2D eigenvalue weighted by molar-refractivity contribution is -0.0130. The number of furan rings is 1. The topological polar surface area (TPSA) is 62.6 Å². The van der Waals surface area contributed by atoms with Crippen molar-refractivity contribution in [2.75, 3.05) is 26.2 Å². The standard InChI is InChI=1S/C16H21FN2O2/c17-13-1-2-15-14(9-13)12(10-21-15)3-6-19-7-4-16(20,11-18)5-8-19/h1-2,9-10,20H,3-8,11,18H2. The Balaban J connectivity index is 1.61.